The van der Waals surface area contributed by atoms with Crippen LogP contribution >= 0.6 is 0 Å². The number of benzene rings is 12. The van der Waals surface area contributed by atoms with E-state index >= 15 is 0 Å². The summed E-state index contributed by atoms with van der Waals surface area (Å²) in [6.45, 7) is 0. The molecular weight excluding hydrogens is 689 g/mol. The van der Waals surface area contributed by atoms with Gasteiger partial charge in [0.25, 0.3) is 0 Å². The van der Waals surface area contributed by atoms with Crippen LogP contribution in [0, 0.1) is 0 Å². The quantitative estimate of drug-likeness (QED) is 0.163. The van der Waals surface area contributed by atoms with Gasteiger partial charge in [0.05, 0.1) is 42.5 Å². The molecule has 0 aliphatic rings. The Morgan fingerprint density at radius 2 is 0.789 bits per heavy atom. The molecule has 12 aromatic carbocycles. The van der Waals surface area contributed by atoms with Gasteiger partial charge in [-0.1, -0.05) is 157 Å². The molecule has 0 unspecified atom stereocenters. The maximum Gasteiger partial charge on any atom is 0.135 e. The lowest BCUT2D eigenvalue weighted by Gasteiger charge is -2.17. The summed E-state index contributed by atoms with van der Waals surface area (Å²) < 4.78 is 292. The van der Waals surface area contributed by atoms with Gasteiger partial charge in [-0.2, -0.15) is 0 Å². The summed E-state index contributed by atoms with van der Waals surface area (Å²) in [5.41, 5.74) is -8.03. The molecule has 0 aliphatic heterocycles. The monoisotopic (exact) mass is 751 g/mol. The molecular formula is C56H32O. The van der Waals surface area contributed by atoms with Crippen LogP contribution in [0.1, 0.15) is 42.5 Å². The molecule has 0 fully saturated rings. The molecule has 0 radical (unpaired) electrons. The summed E-state index contributed by atoms with van der Waals surface area (Å²) >= 11 is 0. The highest BCUT2D eigenvalue weighted by Crippen LogP contribution is 2.43. The second-order valence-electron chi connectivity index (χ2n) is 13.1. The van der Waals surface area contributed by atoms with E-state index in [-0.39, 0.29) is 32.3 Å². The Kier molecular flexibility index (Phi) is 2.75. The second-order valence-corrected chi connectivity index (χ2v) is 13.1. The zero-order chi connectivity index (χ0) is 64.2. The second kappa shape index (κ2) is 11.5. The normalized spacial score (nSPS) is 19.8. The van der Waals surface area contributed by atoms with E-state index in [1.807, 2.05) is 0 Å². The zero-order valence-corrected chi connectivity index (χ0v) is 28.5. The molecule has 0 atom stereocenters. The van der Waals surface area contributed by atoms with Crippen LogP contribution in [-0.4, -0.2) is 0 Å². The molecule has 0 spiro atoms. The summed E-state index contributed by atoms with van der Waals surface area (Å²) in [5, 5.41) is -5.65. The van der Waals surface area contributed by atoms with Crippen molar-refractivity contribution in [3.63, 3.8) is 0 Å². The van der Waals surface area contributed by atoms with Gasteiger partial charge in [-0.05, 0) is 145 Å². The largest absolute Gasteiger partial charge is 0.456 e. The van der Waals surface area contributed by atoms with E-state index in [4.69, 9.17) is 25.0 Å². The van der Waals surface area contributed by atoms with Crippen LogP contribution < -0.4 is 0 Å². The molecule has 57 heavy (non-hydrogen) atoms. The van der Waals surface area contributed by atoms with Crippen molar-refractivity contribution in [3.05, 3.63) is 193 Å². The van der Waals surface area contributed by atoms with Crippen molar-refractivity contribution in [1.82, 2.24) is 0 Å². The molecule has 1 nitrogen and oxygen atoms in total. The Labute approximate surface area is 371 Å². The van der Waals surface area contributed by atoms with E-state index in [1.54, 1.807) is 0 Å². The Bertz CT molecular complexity index is 5520. The predicted octanol–water partition coefficient (Wildman–Crippen LogP) is 16.0. The molecule has 0 bridgehead atoms. The Balaban J connectivity index is 1.23. The van der Waals surface area contributed by atoms with Crippen molar-refractivity contribution in [1.29, 1.82) is 0 Å². The third-order valence-corrected chi connectivity index (χ3v) is 9.97. The molecule has 1 aromatic heterocycles. The van der Waals surface area contributed by atoms with Crippen LogP contribution in [-0.2, 0) is 0 Å². The molecule has 0 saturated carbocycles. The van der Waals surface area contributed by atoms with Crippen LogP contribution in [0.5, 0.6) is 0 Å². The lowest BCUT2D eigenvalue weighted by atomic mass is 9.87. The van der Waals surface area contributed by atoms with Crippen molar-refractivity contribution in [2.45, 2.75) is 0 Å². The number of furan rings is 1. The fourth-order valence-electron chi connectivity index (χ4n) is 7.42. The summed E-state index contributed by atoms with van der Waals surface area (Å²) in [6, 6.07) is -26.0. The molecule has 0 aliphatic carbocycles. The maximum absolute atomic E-state index is 10.2. The third-order valence-electron chi connectivity index (χ3n) is 9.97. The van der Waals surface area contributed by atoms with Crippen LogP contribution in [0.15, 0.2) is 198 Å². The van der Waals surface area contributed by atoms with E-state index < -0.39 is 286 Å². The van der Waals surface area contributed by atoms with Crippen molar-refractivity contribution < 1.29 is 46.9 Å². The first-order valence-electron chi connectivity index (χ1n) is 32.7. The lowest BCUT2D eigenvalue weighted by molar-refractivity contribution is 0.669. The van der Waals surface area contributed by atoms with Gasteiger partial charge in [0.1, 0.15) is 11.2 Å². The lowest BCUT2D eigenvalue weighted by Crippen LogP contribution is -1.90. The number of hydrogen-bond acceptors (Lipinski definition) is 1. The van der Waals surface area contributed by atoms with Gasteiger partial charge in [0.15, 0.2) is 0 Å². The smallest absolute Gasteiger partial charge is 0.135 e. The van der Waals surface area contributed by atoms with E-state index in [0.29, 0.717) is 0 Å². The maximum atomic E-state index is 10.2. The zero-order valence-electron chi connectivity index (χ0n) is 59.5. The van der Waals surface area contributed by atoms with Crippen LogP contribution in [0.3, 0.4) is 0 Å². The van der Waals surface area contributed by atoms with Crippen molar-refractivity contribution in [2.24, 2.45) is 0 Å². The van der Waals surface area contributed by atoms with Gasteiger partial charge in [-0.3, -0.25) is 0 Å². The van der Waals surface area contributed by atoms with Gasteiger partial charge < -0.3 is 4.42 Å². The third kappa shape index (κ3) is 4.51. The predicted molar refractivity (Wildman–Crippen MR) is 243 cm³/mol. The molecule has 0 amide bonds. The molecule has 1 heterocycles. The molecule has 0 N–H and O–H groups in total. The average Bonchev–Trinajstić information content (AvgIpc) is 0.816. The van der Waals surface area contributed by atoms with E-state index in [2.05, 4.69) is 0 Å². The van der Waals surface area contributed by atoms with E-state index in [9.17, 15) is 21.9 Å². The molecule has 262 valence electrons. The number of rotatable bonds is 4. The number of fused-ring (bicyclic) bond motifs is 3. The van der Waals surface area contributed by atoms with Gasteiger partial charge in [0.2, 0.25) is 0 Å². The van der Waals surface area contributed by atoms with Crippen LogP contribution in [0.25, 0.3) is 131 Å². The summed E-state index contributed by atoms with van der Waals surface area (Å²) in [5.74, 6) is 0. The number of hydrogen-bond donors (Lipinski definition) is 0. The Morgan fingerprint density at radius 1 is 0.281 bits per heavy atom. The minimum Gasteiger partial charge on any atom is -0.456 e. The van der Waals surface area contributed by atoms with Gasteiger partial charge in [0, 0.05) is 10.8 Å². The highest BCUT2D eigenvalue weighted by Gasteiger charge is 2.17. The Morgan fingerprint density at radius 3 is 1.51 bits per heavy atom. The highest BCUT2D eigenvalue weighted by molar-refractivity contribution is 6.27. The molecule has 13 aromatic rings. The van der Waals surface area contributed by atoms with Gasteiger partial charge in [-0.15, -0.1) is 0 Å². The fraction of sp³-hybridized carbons (Fsp3) is 0. The van der Waals surface area contributed by atoms with Crippen molar-refractivity contribution >= 4 is 86.6 Å². The SMILES string of the molecule is [2H]c1c([2H])c(-c2c([2H])c([2H])c3c([2H])c([2H])c4c([2H])c([2H])c([2H])c5c([2H])c([2H])c2c3c45)c([2H])c([2H])c1-c1c([2H])c(-c2c([2H])c([2H])c3oc4c([2H])c([2H])c([2H])c([2H])c4c3c2[2H])c([2H])c(-c2c([2H])c([2H])c3c([2H])c([2H])c4c([2H])c([2H])c([2H])c5c([2H])cc2c3c54)c1[2H]. The first kappa shape index (κ1) is 13.6. The summed E-state index contributed by atoms with van der Waals surface area (Å²) in [7, 11) is 0. The first-order chi connectivity index (χ1) is 41.2. The van der Waals surface area contributed by atoms with Gasteiger partial charge >= 0.3 is 0 Å². The summed E-state index contributed by atoms with van der Waals surface area (Å²) in [4.78, 5) is 0. The highest BCUT2D eigenvalue weighted by atomic mass is 16.3. The summed E-state index contributed by atoms with van der Waals surface area (Å²) in [6.07, 6.45) is 0. The fourth-order valence-corrected chi connectivity index (χ4v) is 7.42. The van der Waals surface area contributed by atoms with Crippen LogP contribution in [0.2, 0.25) is 0 Å². The minimum atomic E-state index is -1.17. The molecule has 0 saturated heterocycles. The average molecular weight is 752 g/mol. The van der Waals surface area contributed by atoms with Crippen molar-refractivity contribution in [2.75, 3.05) is 0 Å². The topological polar surface area (TPSA) is 13.1 Å². The molecule has 1 heteroatoms. The molecule has 13 rings (SSSR count). The van der Waals surface area contributed by atoms with Gasteiger partial charge in [-0.25, -0.2) is 0 Å². The standard InChI is InChI=1S/C56H32O/c1-2-10-51-47(9-1)50-32-41(23-28-52(50)57-51)43-29-42(30-44(31-43)46-25-20-40-18-16-36-6-4-8-38-22-27-49(46)56(40)54(36)38)33-11-13-34(14-12-33)45-24-19-39-17-15-35-5-3-7-37-21-26-48(45)55(39)53(35)37/h1-32H/i1D,2D,3D,4D,5D,6D,7D,8D,9D,10D,11D,12D,13D,14D,15D,16D,17D,18D,19D,20D,21D,22D,23D,24D,25D,26D,28D,29D,30D,31D,32D. The van der Waals surface area contributed by atoms with Crippen molar-refractivity contribution in [3.8, 4) is 44.5 Å². The first-order valence-corrected chi connectivity index (χ1v) is 17.2. The van der Waals surface area contributed by atoms with E-state index in [1.165, 1.54) is 0 Å². The number of para-hydroxylation sites is 1. The Hall–Kier alpha value is -7.48. The van der Waals surface area contributed by atoms with Crippen LogP contribution in [0.4, 0.5) is 0 Å². The minimum absolute atomic E-state index is 0.266. The van der Waals surface area contributed by atoms with E-state index in [0.717, 1.165) is 6.07 Å².